The number of aliphatic hydroxyl groups is 1. The summed E-state index contributed by atoms with van der Waals surface area (Å²) in [7, 11) is 0. The van der Waals surface area contributed by atoms with Crippen LogP contribution in [0.25, 0.3) is 0 Å². The Labute approximate surface area is 141 Å². The summed E-state index contributed by atoms with van der Waals surface area (Å²) in [5.41, 5.74) is 4.86. The quantitative estimate of drug-likeness (QED) is 0.934. The first-order valence-electron chi connectivity index (χ1n) is 8.08. The molecule has 1 aliphatic carbocycles. The summed E-state index contributed by atoms with van der Waals surface area (Å²) in [6.45, 7) is 0.615. The Bertz CT molecular complexity index is 759. The lowest BCUT2D eigenvalue weighted by Gasteiger charge is -2.30. The van der Waals surface area contributed by atoms with Crippen molar-refractivity contribution in [2.24, 2.45) is 11.0 Å². The zero-order valence-corrected chi connectivity index (χ0v) is 13.6. The Morgan fingerprint density at radius 1 is 1.13 bits per heavy atom. The second kappa shape index (κ2) is 5.99. The van der Waals surface area contributed by atoms with Crippen molar-refractivity contribution in [3.8, 4) is 0 Å². The summed E-state index contributed by atoms with van der Waals surface area (Å²) in [5, 5.41) is 17.1. The molecule has 0 radical (unpaired) electrons. The van der Waals surface area contributed by atoms with Crippen LogP contribution in [-0.4, -0.2) is 29.0 Å². The smallest absolute Gasteiger partial charge is 0.0820 e. The molecule has 3 nitrogen and oxygen atoms in total. The standard InChI is InChI=1S/C19H19ClN2O/c20-17-8-4-3-7-15(17)19-16-10-9-13-5-1-2-6-14(13)18(16)21-22(19)11-12-23/h1-8,16,19,23H,9-12H2. The summed E-state index contributed by atoms with van der Waals surface area (Å²) in [6, 6.07) is 16.6. The Morgan fingerprint density at radius 2 is 1.91 bits per heavy atom. The number of β-amino-alcohol motifs (C(OH)–C–C–N with tert-alkyl or cyclic N) is 1. The average molecular weight is 327 g/mol. The first-order valence-corrected chi connectivity index (χ1v) is 8.46. The van der Waals surface area contributed by atoms with E-state index in [0.29, 0.717) is 12.5 Å². The maximum absolute atomic E-state index is 9.45. The number of hydrogen-bond acceptors (Lipinski definition) is 3. The highest BCUT2D eigenvalue weighted by Gasteiger charge is 2.41. The van der Waals surface area contributed by atoms with Crippen LogP contribution in [0.15, 0.2) is 53.6 Å². The Morgan fingerprint density at radius 3 is 2.74 bits per heavy atom. The van der Waals surface area contributed by atoms with Gasteiger partial charge in [0, 0.05) is 16.5 Å². The van der Waals surface area contributed by atoms with E-state index in [4.69, 9.17) is 16.7 Å². The maximum atomic E-state index is 9.45. The minimum absolute atomic E-state index is 0.0894. The van der Waals surface area contributed by atoms with E-state index in [1.54, 1.807) is 0 Å². The topological polar surface area (TPSA) is 35.8 Å². The van der Waals surface area contributed by atoms with Gasteiger partial charge in [0.05, 0.1) is 24.9 Å². The molecule has 1 heterocycles. The highest BCUT2D eigenvalue weighted by Crippen LogP contribution is 2.44. The number of aliphatic hydroxyl groups excluding tert-OH is 1. The fourth-order valence-corrected chi connectivity index (χ4v) is 4.11. The molecule has 0 bridgehead atoms. The molecule has 2 atom stereocenters. The van der Waals surface area contributed by atoms with Crippen molar-refractivity contribution in [3.63, 3.8) is 0 Å². The third-order valence-corrected chi connectivity index (χ3v) is 5.20. The van der Waals surface area contributed by atoms with E-state index < -0.39 is 0 Å². The Kier molecular flexibility index (Phi) is 3.83. The van der Waals surface area contributed by atoms with Gasteiger partial charge in [0.25, 0.3) is 0 Å². The minimum atomic E-state index is 0.0894. The van der Waals surface area contributed by atoms with Crippen LogP contribution in [0.3, 0.4) is 0 Å². The molecule has 0 saturated heterocycles. The third-order valence-electron chi connectivity index (χ3n) is 4.86. The molecule has 0 saturated carbocycles. The summed E-state index contributed by atoms with van der Waals surface area (Å²) < 4.78 is 0. The van der Waals surface area contributed by atoms with Gasteiger partial charge in [-0.3, -0.25) is 5.01 Å². The Balaban J connectivity index is 1.79. The van der Waals surface area contributed by atoms with Gasteiger partial charge in [-0.1, -0.05) is 54.1 Å². The summed E-state index contributed by atoms with van der Waals surface area (Å²) in [5.74, 6) is 0.330. The number of hydrazone groups is 1. The second-order valence-corrected chi connectivity index (χ2v) is 6.55. The van der Waals surface area contributed by atoms with Gasteiger partial charge in [-0.2, -0.15) is 5.10 Å². The second-order valence-electron chi connectivity index (χ2n) is 6.14. The third kappa shape index (κ3) is 2.44. The predicted molar refractivity (Wildman–Crippen MR) is 92.8 cm³/mol. The van der Waals surface area contributed by atoms with Gasteiger partial charge in [-0.05, 0) is 30.0 Å². The fraction of sp³-hybridized carbons (Fsp3) is 0.316. The van der Waals surface area contributed by atoms with Crippen molar-refractivity contribution in [1.29, 1.82) is 0 Å². The highest BCUT2D eigenvalue weighted by molar-refractivity contribution is 6.31. The SMILES string of the molecule is OCCN1N=C2c3ccccc3CCC2C1c1ccccc1Cl. The average Bonchev–Trinajstić information content (AvgIpc) is 2.94. The van der Waals surface area contributed by atoms with Gasteiger partial charge in [0.2, 0.25) is 0 Å². The first-order chi connectivity index (χ1) is 11.3. The van der Waals surface area contributed by atoms with Crippen molar-refractivity contribution in [2.75, 3.05) is 13.2 Å². The van der Waals surface area contributed by atoms with Crippen LogP contribution in [0, 0.1) is 5.92 Å². The number of aryl methyl sites for hydroxylation is 1. The molecule has 4 heteroatoms. The van der Waals surface area contributed by atoms with E-state index in [-0.39, 0.29) is 12.6 Å². The van der Waals surface area contributed by atoms with E-state index in [1.807, 2.05) is 23.2 Å². The van der Waals surface area contributed by atoms with Gasteiger partial charge in [0.15, 0.2) is 0 Å². The maximum Gasteiger partial charge on any atom is 0.0820 e. The summed E-state index contributed by atoms with van der Waals surface area (Å²) in [6.07, 6.45) is 2.13. The lowest BCUT2D eigenvalue weighted by atomic mass is 9.77. The van der Waals surface area contributed by atoms with Gasteiger partial charge in [-0.15, -0.1) is 0 Å². The molecular weight excluding hydrogens is 308 g/mol. The monoisotopic (exact) mass is 326 g/mol. The van der Waals surface area contributed by atoms with E-state index in [2.05, 4.69) is 30.3 Å². The van der Waals surface area contributed by atoms with Gasteiger partial charge in [-0.25, -0.2) is 0 Å². The number of fused-ring (bicyclic) bond motifs is 3. The zero-order chi connectivity index (χ0) is 15.8. The number of rotatable bonds is 3. The minimum Gasteiger partial charge on any atom is -0.394 e. The number of nitrogens with zero attached hydrogens (tertiary/aromatic N) is 2. The molecule has 2 aliphatic rings. The van der Waals surface area contributed by atoms with Crippen LogP contribution in [0.2, 0.25) is 5.02 Å². The largest absolute Gasteiger partial charge is 0.394 e. The molecule has 2 unspecified atom stereocenters. The molecule has 2 aromatic rings. The fourth-order valence-electron chi connectivity index (χ4n) is 3.86. The molecule has 4 rings (SSSR count). The molecule has 23 heavy (non-hydrogen) atoms. The zero-order valence-electron chi connectivity index (χ0n) is 12.8. The van der Waals surface area contributed by atoms with Gasteiger partial charge >= 0.3 is 0 Å². The molecule has 0 fully saturated rings. The van der Waals surface area contributed by atoms with Crippen molar-refractivity contribution in [1.82, 2.24) is 5.01 Å². The molecule has 118 valence electrons. The number of halogens is 1. The number of benzene rings is 2. The lowest BCUT2D eigenvalue weighted by Crippen LogP contribution is -2.30. The number of hydrogen-bond donors (Lipinski definition) is 1. The molecule has 1 aliphatic heterocycles. The van der Waals surface area contributed by atoms with Crippen molar-refractivity contribution >= 4 is 17.3 Å². The first kappa shape index (κ1) is 14.7. The van der Waals surface area contributed by atoms with Crippen LogP contribution in [-0.2, 0) is 6.42 Å². The van der Waals surface area contributed by atoms with Crippen LogP contribution < -0.4 is 0 Å². The van der Waals surface area contributed by atoms with E-state index in [0.717, 1.165) is 29.1 Å². The molecular formula is C19H19ClN2O. The molecule has 0 spiro atoms. The van der Waals surface area contributed by atoms with Crippen molar-refractivity contribution < 1.29 is 5.11 Å². The predicted octanol–water partition coefficient (Wildman–Crippen LogP) is 3.66. The van der Waals surface area contributed by atoms with E-state index in [1.165, 1.54) is 11.1 Å². The molecule has 0 amide bonds. The summed E-state index contributed by atoms with van der Waals surface area (Å²) >= 11 is 6.46. The van der Waals surface area contributed by atoms with Crippen LogP contribution in [0.4, 0.5) is 0 Å². The van der Waals surface area contributed by atoms with Gasteiger partial charge < -0.3 is 5.11 Å². The summed E-state index contributed by atoms with van der Waals surface area (Å²) in [4.78, 5) is 0. The van der Waals surface area contributed by atoms with E-state index in [9.17, 15) is 5.11 Å². The molecule has 0 aromatic heterocycles. The van der Waals surface area contributed by atoms with Crippen molar-refractivity contribution in [2.45, 2.75) is 18.9 Å². The molecule has 1 N–H and O–H groups in total. The van der Waals surface area contributed by atoms with Crippen LogP contribution in [0.1, 0.15) is 29.2 Å². The highest BCUT2D eigenvalue weighted by atomic mass is 35.5. The normalized spacial score (nSPS) is 22.5. The molecule has 2 aromatic carbocycles. The van der Waals surface area contributed by atoms with Crippen LogP contribution in [0.5, 0.6) is 0 Å². The lowest BCUT2D eigenvalue weighted by molar-refractivity contribution is 0.152. The van der Waals surface area contributed by atoms with Crippen LogP contribution >= 0.6 is 11.6 Å². The van der Waals surface area contributed by atoms with Gasteiger partial charge in [0.1, 0.15) is 0 Å². The van der Waals surface area contributed by atoms with E-state index >= 15 is 0 Å². The Hall–Kier alpha value is -1.84. The van der Waals surface area contributed by atoms with Crippen molar-refractivity contribution in [3.05, 3.63) is 70.2 Å².